The van der Waals surface area contributed by atoms with Crippen LogP contribution in [0.5, 0.6) is 0 Å². The van der Waals surface area contributed by atoms with E-state index in [2.05, 4.69) is 17.9 Å². The van der Waals surface area contributed by atoms with Gasteiger partial charge in [0, 0.05) is 23.7 Å². The molecule has 3 rings (SSSR count). The summed E-state index contributed by atoms with van der Waals surface area (Å²) in [5.41, 5.74) is 1.23. The Balaban J connectivity index is 1.71. The SMILES string of the molecule is CC(CN(C1CC1)C1CCS(=O)(=O)C1)c1cccc(Cl)c1. The van der Waals surface area contributed by atoms with Crippen LogP contribution < -0.4 is 0 Å². The van der Waals surface area contributed by atoms with E-state index in [0.29, 0.717) is 23.5 Å². The minimum atomic E-state index is -2.82. The van der Waals surface area contributed by atoms with E-state index in [1.54, 1.807) is 0 Å². The van der Waals surface area contributed by atoms with Crippen LogP contribution in [0.25, 0.3) is 0 Å². The molecule has 0 amide bonds. The lowest BCUT2D eigenvalue weighted by Crippen LogP contribution is -2.40. The van der Waals surface area contributed by atoms with Gasteiger partial charge in [-0.2, -0.15) is 0 Å². The Morgan fingerprint density at radius 2 is 2.05 bits per heavy atom. The van der Waals surface area contributed by atoms with Crippen molar-refractivity contribution < 1.29 is 8.42 Å². The largest absolute Gasteiger partial charge is 0.296 e. The minimum Gasteiger partial charge on any atom is -0.296 e. The zero-order valence-electron chi connectivity index (χ0n) is 12.3. The average molecular weight is 328 g/mol. The highest BCUT2D eigenvalue weighted by molar-refractivity contribution is 7.91. The van der Waals surface area contributed by atoms with Gasteiger partial charge in [-0.05, 0) is 42.9 Å². The molecule has 0 radical (unpaired) electrons. The molecule has 1 aliphatic carbocycles. The number of benzene rings is 1. The molecule has 0 spiro atoms. The highest BCUT2D eigenvalue weighted by Crippen LogP contribution is 2.34. The molecule has 3 nitrogen and oxygen atoms in total. The van der Waals surface area contributed by atoms with Crippen molar-refractivity contribution in [1.82, 2.24) is 4.90 Å². The van der Waals surface area contributed by atoms with Crippen molar-refractivity contribution in [2.24, 2.45) is 0 Å². The summed E-state index contributed by atoms with van der Waals surface area (Å²) < 4.78 is 23.5. The van der Waals surface area contributed by atoms with E-state index in [4.69, 9.17) is 11.6 Å². The molecule has 1 saturated carbocycles. The number of hydrogen-bond donors (Lipinski definition) is 0. The summed E-state index contributed by atoms with van der Waals surface area (Å²) in [7, 11) is -2.82. The van der Waals surface area contributed by atoms with Gasteiger partial charge in [-0.1, -0.05) is 30.7 Å². The maximum Gasteiger partial charge on any atom is 0.151 e. The van der Waals surface area contributed by atoms with Gasteiger partial charge in [0.1, 0.15) is 0 Å². The van der Waals surface area contributed by atoms with Crippen LogP contribution in [-0.2, 0) is 9.84 Å². The molecule has 5 heteroatoms. The number of sulfone groups is 1. The predicted molar refractivity (Wildman–Crippen MR) is 86.7 cm³/mol. The molecule has 1 aromatic rings. The lowest BCUT2D eigenvalue weighted by atomic mass is 9.99. The topological polar surface area (TPSA) is 37.4 Å². The first-order valence-electron chi connectivity index (χ1n) is 7.66. The van der Waals surface area contributed by atoms with Crippen LogP contribution in [0, 0.1) is 0 Å². The van der Waals surface area contributed by atoms with Crippen molar-refractivity contribution in [3.63, 3.8) is 0 Å². The number of hydrogen-bond acceptors (Lipinski definition) is 3. The van der Waals surface area contributed by atoms with Gasteiger partial charge in [0.15, 0.2) is 9.84 Å². The second kappa shape index (κ2) is 5.90. The van der Waals surface area contributed by atoms with Gasteiger partial charge >= 0.3 is 0 Å². The third-order valence-corrected chi connectivity index (χ3v) is 6.58. The zero-order valence-corrected chi connectivity index (χ0v) is 13.9. The fourth-order valence-corrected chi connectivity index (χ4v) is 5.22. The predicted octanol–water partition coefficient (Wildman–Crippen LogP) is 3.10. The molecular formula is C16H22ClNO2S. The second-order valence-electron chi connectivity index (χ2n) is 6.44. The van der Waals surface area contributed by atoms with E-state index in [-0.39, 0.29) is 6.04 Å². The summed E-state index contributed by atoms with van der Waals surface area (Å²) in [4.78, 5) is 2.44. The third-order valence-electron chi connectivity index (χ3n) is 4.60. The Hall–Kier alpha value is -0.580. The van der Waals surface area contributed by atoms with E-state index >= 15 is 0 Å². The van der Waals surface area contributed by atoms with E-state index in [9.17, 15) is 8.42 Å². The van der Waals surface area contributed by atoms with Crippen LogP contribution in [-0.4, -0.2) is 43.5 Å². The van der Waals surface area contributed by atoms with Gasteiger partial charge < -0.3 is 0 Å². The summed E-state index contributed by atoms with van der Waals surface area (Å²) in [6.07, 6.45) is 3.21. The molecule has 0 aromatic heterocycles. The van der Waals surface area contributed by atoms with Crippen LogP contribution in [0.15, 0.2) is 24.3 Å². The molecule has 2 fully saturated rings. The molecule has 2 atom stereocenters. The number of nitrogens with zero attached hydrogens (tertiary/aromatic N) is 1. The average Bonchev–Trinajstić information content (AvgIpc) is 3.19. The molecule has 1 aromatic carbocycles. The lowest BCUT2D eigenvalue weighted by molar-refractivity contribution is 0.192. The van der Waals surface area contributed by atoms with Gasteiger partial charge in [0.25, 0.3) is 0 Å². The fourth-order valence-electron chi connectivity index (χ4n) is 3.27. The second-order valence-corrected chi connectivity index (χ2v) is 9.11. The first-order chi connectivity index (χ1) is 9.94. The molecule has 0 bridgehead atoms. The zero-order chi connectivity index (χ0) is 15.0. The standard InChI is InChI=1S/C16H22ClNO2S/c1-12(13-3-2-4-14(17)9-13)10-18(15-5-6-15)16-7-8-21(19,20)11-16/h2-4,9,12,15-16H,5-8,10-11H2,1H3. The fraction of sp³-hybridized carbons (Fsp3) is 0.625. The van der Waals surface area contributed by atoms with Crippen LogP contribution in [0.4, 0.5) is 0 Å². The summed E-state index contributed by atoms with van der Waals surface area (Å²) in [5.74, 6) is 1.06. The normalized spacial score (nSPS) is 26.1. The smallest absolute Gasteiger partial charge is 0.151 e. The monoisotopic (exact) mass is 327 g/mol. The van der Waals surface area contributed by atoms with Crippen molar-refractivity contribution in [3.05, 3.63) is 34.9 Å². The molecule has 1 saturated heterocycles. The maximum absolute atomic E-state index is 11.7. The lowest BCUT2D eigenvalue weighted by Gasteiger charge is -2.31. The quantitative estimate of drug-likeness (QED) is 0.834. The van der Waals surface area contributed by atoms with Crippen molar-refractivity contribution in [2.45, 2.75) is 44.2 Å². The molecule has 1 heterocycles. The molecule has 0 N–H and O–H groups in total. The highest BCUT2D eigenvalue weighted by Gasteiger charge is 2.39. The van der Waals surface area contributed by atoms with Gasteiger partial charge in [0.2, 0.25) is 0 Å². The number of rotatable bonds is 5. The third kappa shape index (κ3) is 3.79. The van der Waals surface area contributed by atoms with Crippen LogP contribution >= 0.6 is 11.6 Å². The van der Waals surface area contributed by atoms with Crippen LogP contribution in [0.2, 0.25) is 5.02 Å². The van der Waals surface area contributed by atoms with Crippen molar-refractivity contribution in [3.8, 4) is 0 Å². The molecule has 1 aliphatic heterocycles. The van der Waals surface area contributed by atoms with Gasteiger partial charge in [-0.3, -0.25) is 4.90 Å². The van der Waals surface area contributed by atoms with E-state index in [1.807, 2.05) is 18.2 Å². The molecule has 2 unspecified atom stereocenters. The van der Waals surface area contributed by atoms with E-state index in [0.717, 1.165) is 18.0 Å². The molecular weight excluding hydrogens is 306 g/mol. The van der Waals surface area contributed by atoms with E-state index < -0.39 is 9.84 Å². The summed E-state index contributed by atoms with van der Waals surface area (Å²) >= 11 is 6.07. The van der Waals surface area contributed by atoms with Gasteiger partial charge in [0.05, 0.1) is 11.5 Å². The van der Waals surface area contributed by atoms with Crippen molar-refractivity contribution in [1.29, 1.82) is 0 Å². The summed E-state index contributed by atoms with van der Waals surface area (Å²) in [5, 5.41) is 0.765. The first kappa shape index (κ1) is 15.3. The first-order valence-corrected chi connectivity index (χ1v) is 9.86. The number of halogens is 1. The van der Waals surface area contributed by atoms with Gasteiger partial charge in [-0.25, -0.2) is 8.42 Å². The Morgan fingerprint density at radius 3 is 2.62 bits per heavy atom. The summed E-state index contributed by atoms with van der Waals surface area (Å²) in [6.45, 7) is 3.12. The Bertz CT molecular complexity index is 612. The Labute approximate surface area is 132 Å². The Kier molecular flexibility index (Phi) is 4.30. The molecule has 21 heavy (non-hydrogen) atoms. The van der Waals surface area contributed by atoms with Crippen LogP contribution in [0.3, 0.4) is 0 Å². The maximum atomic E-state index is 11.7. The van der Waals surface area contributed by atoms with Crippen molar-refractivity contribution >= 4 is 21.4 Å². The van der Waals surface area contributed by atoms with Crippen LogP contribution in [0.1, 0.15) is 37.7 Å². The minimum absolute atomic E-state index is 0.212. The molecule has 116 valence electrons. The Morgan fingerprint density at radius 1 is 1.29 bits per heavy atom. The highest BCUT2D eigenvalue weighted by atomic mass is 35.5. The van der Waals surface area contributed by atoms with Crippen molar-refractivity contribution in [2.75, 3.05) is 18.1 Å². The molecule has 2 aliphatic rings. The van der Waals surface area contributed by atoms with Gasteiger partial charge in [-0.15, -0.1) is 0 Å². The van der Waals surface area contributed by atoms with E-state index in [1.165, 1.54) is 18.4 Å². The summed E-state index contributed by atoms with van der Waals surface area (Å²) in [6, 6.07) is 8.79.